The molecule has 17 heavy (non-hydrogen) atoms. The van der Waals surface area contributed by atoms with E-state index in [-0.39, 0.29) is 13.0 Å². The Morgan fingerprint density at radius 1 is 1.35 bits per heavy atom. The summed E-state index contributed by atoms with van der Waals surface area (Å²) >= 11 is 0. The van der Waals surface area contributed by atoms with Gasteiger partial charge in [0, 0.05) is 30.9 Å². The van der Waals surface area contributed by atoms with Crippen LogP contribution in [0.4, 0.5) is 0 Å². The van der Waals surface area contributed by atoms with Gasteiger partial charge in [-0.25, -0.2) is 4.79 Å². The van der Waals surface area contributed by atoms with Crippen molar-refractivity contribution >= 4 is 11.9 Å². The first-order valence-electron chi connectivity index (χ1n) is 5.21. The van der Waals surface area contributed by atoms with Crippen molar-refractivity contribution in [3.05, 3.63) is 30.1 Å². The number of aliphatic hydroxyl groups is 1. The Morgan fingerprint density at radius 3 is 2.59 bits per heavy atom. The van der Waals surface area contributed by atoms with Crippen molar-refractivity contribution in [2.24, 2.45) is 0 Å². The molecule has 6 nitrogen and oxygen atoms in total. The molecule has 2 rings (SSSR count). The number of carboxylic acid groups (broad SMARTS) is 1. The summed E-state index contributed by atoms with van der Waals surface area (Å²) < 4.78 is 0. The molecule has 0 radical (unpaired) electrons. The van der Waals surface area contributed by atoms with E-state index in [9.17, 15) is 14.7 Å². The standard InChI is InChI=1S/C11H12N2O4/c14-8-5-9(11(16)17)13(6-8)10(15)7-1-3-12-4-2-7/h1-4,8-9,14H,5-6H2,(H,16,17)/t8-,9-/m0/s1. The fraction of sp³-hybridized carbons (Fsp3) is 0.364. The van der Waals surface area contributed by atoms with Crippen molar-refractivity contribution in [3.8, 4) is 0 Å². The summed E-state index contributed by atoms with van der Waals surface area (Å²) in [5.74, 6) is -1.49. The third-order valence-corrected chi connectivity index (χ3v) is 2.75. The number of pyridine rings is 1. The van der Waals surface area contributed by atoms with Crippen molar-refractivity contribution in [1.29, 1.82) is 0 Å². The number of carbonyl (C=O) groups excluding carboxylic acids is 1. The van der Waals surface area contributed by atoms with E-state index in [1.165, 1.54) is 29.4 Å². The Balaban J connectivity index is 2.22. The minimum absolute atomic E-state index is 0.0537. The van der Waals surface area contributed by atoms with Crippen LogP contribution >= 0.6 is 0 Å². The predicted octanol–water partition coefficient (Wildman–Crippen LogP) is -0.258. The molecule has 1 amide bonds. The monoisotopic (exact) mass is 236 g/mol. The summed E-state index contributed by atoms with van der Waals surface area (Å²) in [6.45, 7) is 0.0537. The normalized spacial score (nSPS) is 23.7. The van der Waals surface area contributed by atoms with E-state index in [4.69, 9.17) is 5.11 Å². The Hall–Kier alpha value is -1.95. The van der Waals surface area contributed by atoms with Crippen molar-refractivity contribution in [3.63, 3.8) is 0 Å². The number of carboxylic acids is 1. The maximum atomic E-state index is 12.0. The van der Waals surface area contributed by atoms with Crippen molar-refractivity contribution in [2.75, 3.05) is 6.54 Å². The van der Waals surface area contributed by atoms with Crippen molar-refractivity contribution in [2.45, 2.75) is 18.6 Å². The Kier molecular flexibility index (Phi) is 3.06. The molecule has 0 aliphatic carbocycles. The van der Waals surface area contributed by atoms with Gasteiger partial charge in [-0.1, -0.05) is 0 Å². The van der Waals surface area contributed by atoms with Crippen LogP contribution in [0.3, 0.4) is 0 Å². The van der Waals surface area contributed by atoms with Crippen LogP contribution in [0, 0.1) is 0 Å². The lowest BCUT2D eigenvalue weighted by Crippen LogP contribution is -2.40. The summed E-state index contributed by atoms with van der Waals surface area (Å²) in [5, 5.41) is 18.4. The summed E-state index contributed by atoms with van der Waals surface area (Å²) in [6, 6.07) is 2.09. The number of aromatic nitrogens is 1. The molecule has 1 saturated heterocycles. The Morgan fingerprint density at radius 2 is 2.00 bits per heavy atom. The number of β-amino-alcohol motifs (C(OH)–C–C–N with tert-alkyl or cyclic N) is 1. The van der Waals surface area contributed by atoms with E-state index in [1.807, 2.05) is 0 Å². The van der Waals surface area contributed by atoms with Gasteiger partial charge in [-0.15, -0.1) is 0 Å². The Labute approximate surface area is 97.5 Å². The summed E-state index contributed by atoms with van der Waals surface area (Å²) in [6.07, 6.45) is 2.24. The summed E-state index contributed by atoms with van der Waals surface area (Å²) in [7, 11) is 0. The van der Waals surface area contributed by atoms with Gasteiger partial charge in [0.2, 0.25) is 0 Å². The SMILES string of the molecule is O=C(O)[C@@H]1C[C@H](O)CN1C(=O)c1ccncc1. The average molecular weight is 236 g/mol. The van der Waals surface area contributed by atoms with Gasteiger partial charge in [-0.05, 0) is 12.1 Å². The first-order valence-corrected chi connectivity index (χ1v) is 5.21. The number of aliphatic hydroxyl groups excluding tert-OH is 1. The molecule has 1 aromatic heterocycles. The third-order valence-electron chi connectivity index (χ3n) is 2.75. The van der Waals surface area contributed by atoms with Crippen LogP contribution in [-0.4, -0.2) is 50.7 Å². The van der Waals surface area contributed by atoms with Gasteiger partial charge < -0.3 is 15.1 Å². The molecule has 0 spiro atoms. The van der Waals surface area contributed by atoms with Crippen LogP contribution in [0.15, 0.2) is 24.5 Å². The number of carbonyl (C=O) groups is 2. The average Bonchev–Trinajstić information content (AvgIpc) is 2.72. The molecular formula is C11H12N2O4. The van der Waals surface area contributed by atoms with E-state index in [1.54, 1.807) is 0 Å². The molecular weight excluding hydrogens is 224 g/mol. The molecule has 1 aliphatic rings. The highest BCUT2D eigenvalue weighted by Gasteiger charge is 2.39. The fourth-order valence-electron chi connectivity index (χ4n) is 1.93. The van der Waals surface area contributed by atoms with Gasteiger partial charge in [0.25, 0.3) is 5.91 Å². The summed E-state index contributed by atoms with van der Waals surface area (Å²) in [4.78, 5) is 28.0. The molecule has 2 heterocycles. The topological polar surface area (TPSA) is 90.7 Å². The maximum Gasteiger partial charge on any atom is 0.326 e. The Bertz CT molecular complexity index is 434. The molecule has 2 N–H and O–H groups in total. The van der Waals surface area contributed by atoms with Crippen LogP contribution in [0.5, 0.6) is 0 Å². The van der Waals surface area contributed by atoms with Crippen LogP contribution in [-0.2, 0) is 4.79 Å². The van der Waals surface area contributed by atoms with Crippen LogP contribution in [0.2, 0.25) is 0 Å². The lowest BCUT2D eigenvalue weighted by atomic mass is 10.2. The highest BCUT2D eigenvalue weighted by Crippen LogP contribution is 2.20. The molecule has 1 aliphatic heterocycles. The van der Waals surface area contributed by atoms with Crippen LogP contribution in [0.1, 0.15) is 16.8 Å². The first kappa shape index (κ1) is 11.5. The fourth-order valence-corrected chi connectivity index (χ4v) is 1.93. The maximum absolute atomic E-state index is 12.0. The molecule has 0 aromatic carbocycles. The highest BCUT2D eigenvalue weighted by molar-refractivity contribution is 5.96. The molecule has 0 saturated carbocycles. The van der Waals surface area contributed by atoms with Crippen molar-refractivity contribution < 1.29 is 19.8 Å². The molecule has 90 valence electrons. The van der Waals surface area contributed by atoms with Gasteiger partial charge in [0.05, 0.1) is 6.10 Å². The van der Waals surface area contributed by atoms with E-state index in [2.05, 4.69) is 4.98 Å². The summed E-state index contributed by atoms with van der Waals surface area (Å²) in [5.41, 5.74) is 0.375. The number of likely N-dealkylation sites (tertiary alicyclic amines) is 1. The van der Waals surface area contributed by atoms with E-state index in [0.29, 0.717) is 5.56 Å². The second kappa shape index (κ2) is 4.50. The molecule has 6 heteroatoms. The van der Waals surface area contributed by atoms with Gasteiger partial charge >= 0.3 is 5.97 Å². The molecule has 2 atom stereocenters. The molecule has 1 fully saturated rings. The lowest BCUT2D eigenvalue weighted by molar-refractivity contribution is -0.141. The largest absolute Gasteiger partial charge is 0.480 e. The van der Waals surface area contributed by atoms with Crippen molar-refractivity contribution in [1.82, 2.24) is 9.88 Å². The number of rotatable bonds is 2. The number of nitrogens with zero attached hydrogens (tertiary/aromatic N) is 2. The van der Waals surface area contributed by atoms with Gasteiger partial charge in [-0.2, -0.15) is 0 Å². The second-order valence-corrected chi connectivity index (χ2v) is 3.94. The molecule has 1 aromatic rings. The smallest absolute Gasteiger partial charge is 0.326 e. The quantitative estimate of drug-likeness (QED) is 0.738. The number of aliphatic carboxylic acids is 1. The third kappa shape index (κ3) is 2.26. The minimum atomic E-state index is -1.09. The zero-order chi connectivity index (χ0) is 12.4. The second-order valence-electron chi connectivity index (χ2n) is 3.94. The van der Waals surface area contributed by atoms with Gasteiger partial charge in [-0.3, -0.25) is 9.78 Å². The number of hydrogen-bond donors (Lipinski definition) is 2. The predicted molar refractivity (Wildman–Crippen MR) is 57.3 cm³/mol. The number of hydrogen-bond acceptors (Lipinski definition) is 4. The van der Waals surface area contributed by atoms with E-state index in [0.717, 1.165) is 0 Å². The van der Waals surface area contributed by atoms with E-state index < -0.39 is 24.0 Å². The van der Waals surface area contributed by atoms with Gasteiger partial charge in [0.1, 0.15) is 6.04 Å². The highest BCUT2D eigenvalue weighted by atomic mass is 16.4. The number of amides is 1. The minimum Gasteiger partial charge on any atom is -0.480 e. The van der Waals surface area contributed by atoms with Crippen LogP contribution in [0.25, 0.3) is 0 Å². The molecule has 0 unspecified atom stereocenters. The zero-order valence-corrected chi connectivity index (χ0v) is 8.98. The molecule has 0 bridgehead atoms. The first-order chi connectivity index (χ1) is 8.09. The lowest BCUT2D eigenvalue weighted by Gasteiger charge is -2.20. The zero-order valence-electron chi connectivity index (χ0n) is 8.98. The van der Waals surface area contributed by atoms with Gasteiger partial charge in [0.15, 0.2) is 0 Å². The van der Waals surface area contributed by atoms with E-state index >= 15 is 0 Å². The van der Waals surface area contributed by atoms with Crippen LogP contribution < -0.4 is 0 Å².